The number of amides is 1. The van der Waals surface area contributed by atoms with Crippen LogP contribution in [-0.2, 0) is 0 Å². The van der Waals surface area contributed by atoms with Crippen molar-refractivity contribution in [3.8, 4) is 11.5 Å². The molecule has 0 aliphatic carbocycles. The minimum Gasteiger partial charge on any atom is -0.504 e. The number of phenolic OH excluding ortho intramolecular Hbond substituents is 1. The highest BCUT2D eigenvalue weighted by Gasteiger charge is 2.44. The Labute approximate surface area is 195 Å². The van der Waals surface area contributed by atoms with E-state index in [1.54, 1.807) is 54.6 Å². The Bertz CT molecular complexity index is 1460. The van der Waals surface area contributed by atoms with Gasteiger partial charge >= 0.3 is 0 Å². The van der Waals surface area contributed by atoms with Crippen LogP contribution < -0.4 is 15.1 Å². The lowest BCUT2D eigenvalue weighted by molar-refractivity contribution is 0.0971. The molecular weight excluding hydrogens is 498 g/mol. The Kier molecular flexibility index (Phi) is 4.95. The minimum atomic E-state index is -0.801. The summed E-state index contributed by atoms with van der Waals surface area (Å²) < 4.78 is 11.9. The summed E-state index contributed by atoms with van der Waals surface area (Å²) in [6, 6.07) is 15.8. The Balaban J connectivity index is 1.83. The van der Waals surface area contributed by atoms with Crippen LogP contribution in [-0.4, -0.2) is 18.1 Å². The molecular formula is C24H15BrClNO5. The zero-order valence-electron chi connectivity index (χ0n) is 16.6. The molecule has 0 spiro atoms. The third-order valence-corrected chi connectivity index (χ3v) is 6.17. The van der Waals surface area contributed by atoms with Crippen LogP contribution >= 0.6 is 27.5 Å². The highest BCUT2D eigenvalue weighted by molar-refractivity contribution is 9.10. The summed E-state index contributed by atoms with van der Waals surface area (Å²) in [6.45, 7) is 0. The SMILES string of the molecule is COc1cc(C2c3c(oc4ccc(Br)cc4c3=O)C(=O)N2c2cccc(Cl)c2)ccc1O. The molecule has 0 saturated heterocycles. The molecule has 0 radical (unpaired) electrons. The fourth-order valence-electron chi connectivity index (χ4n) is 4.02. The van der Waals surface area contributed by atoms with E-state index in [0.29, 0.717) is 27.2 Å². The number of rotatable bonds is 3. The molecule has 160 valence electrons. The summed E-state index contributed by atoms with van der Waals surface area (Å²) in [6.07, 6.45) is 0. The van der Waals surface area contributed by atoms with Gasteiger partial charge in [0, 0.05) is 15.2 Å². The van der Waals surface area contributed by atoms with Gasteiger partial charge in [0.15, 0.2) is 16.9 Å². The Hall–Kier alpha value is -3.29. The topological polar surface area (TPSA) is 80.0 Å². The van der Waals surface area contributed by atoms with E-state index < -0.39 is 11.9 Å². The second-order valence-electron chi connectivity index (χ2n) is 7.30. The van der Waals surface area contributed by atoms with Gasteiger partial charge in [0.05, 0.1) is 24.1 Å². The van der Waals surface area contributed by atoms with Crippen LogP contribution in [0.15, 0.2) is 74.3 Å². The number of ether oxygens (including phenoxy) is 1. The summed E-state index contributed by atoms with van der Waals surface area (Å²) in [4.78, 5) is 28.6. The van der Waals surface area contributed by atoms with Crippen LogP contribution in [0, 0.1) is 0 Å². The van der Waals surface area contributed by atoms with Crippen molar-refractivity contribution in [2.45, 2.75) is 6.04 Å². The maximum absolute atomic E-state index is 13.6. The van der Waals surface area contributed by atoms with Crippen molar-refractivity contribution >= 4 is 50.1 Å². The number of phenols is 1. The lowest BCUT2D eigenvalue weighted by atomic mass is 9.97. The fraction of sp³-hybridized carbons (Fsp3) is 0.0833. The van der Waals surface area contributed by atoms with Crippen molar-refractivity contribution in [2.24, 2.45) is 0 Å². The molecule has 0 saturated carbocycles. The summed E-state index contributed by atoms with van der Waals surface area (Å²) in [5.74, 6) is -0.310. The third kappa shape index (κ3) is 3.16. The second-order valence-corrected chi connectivity index (χ2v) is 8.66. The molecule has 1 unspecified atom stereocenters. The van der Waals surface area contributed by atoms with E-state index in [1.165, 1.54) is 18.1 Å². The molecule has 32 heavy (non-hydrogen) atoms. The van der Waals surface area contributed by atoms with Crippen molar-refractivity contribution in [1.29, 1.82) is 0 Å². The Morgan fingerprint density at radius 2 is 1.91 bits per heavy atom. The number of aromatic hydroxyl groups is 1. The predicted octanol–water partition coefficient (Wildman–Crippen LogP) is 5.67. The van der Waals surface area contributed by atoms with E-state index >= 15 is 0 Å². The van der Waals surface area contributed by atoms with Crippen LogP contribution in [0.1, 0.15) is 27.7 Å². The lowest BCUT2D eigenvalue weighted by Gasteiger charge is -2.25. The van der Waals surface area contributed by atoms with Gasteiger partial charge in [-0.15, -0.1) is 0 Å². The monoisotopic (exact) mass is 511 g/mol. The summed E-state index contributed by atoms with van der Waals surface area (Å²) >= 11 is 9.58. The van der Waals surface area contributed by atoms with Crippen LogP contribution in [0.2, 0.25) is 5.02 Å². The number of anilines is 1. The van der Waals surface area contributed by atoms with E-state index in [9.17, 15) is 14.7 Å². The molecule has 8 heteroatoms. The number of halogens is 2. The molecule has 1 N–H and O–H groups in total. The first-order valence-electron chi connectivity index (χ1n) is 9.61. The average molecular weight is 513 g/mol. The number of hydrogen-bond donors (Lipinski definition) is 1. The molecule has 3 aromatic carbocycles. The van der Waals surface area contributed by atoms with Gasteiger partial charge in [-0.2, -0.15) is 0 Å². The molecule has 0 bridgehead atoms. The Morgan fingerprint density at radius 3 is 2.66 bits per heavy atom. The molecule has 1 amide bonds. The molecule has 2 heterocycles. The first-order chi connectivity index (χ1) is 15.4. The van der Waals surface area contributed by atoms with Gasteiger partial charge in [-0.05, 0) is 54.1 Å². The van der Waals surface area contributed by atoms with Crippen molar-refractivity contribution in [3.05, 3.63) is 97.3 Å². The van der Waals surface area contributed by atoms with Gasteiger partial charge in [-0.3, -0.25) is 14.5 Å². The van der Waals surface area contributed by atoms with E-state index in [1.807, 2.05) is 0 Å². The number of benzene rings is 3. The minimum absolute atomic E-state index is 0.0261. The zero-order valence-corrected chi connectivity index (χ0v) is 19.0. The van der Waals surface area contributed by atoms with Gasteiger partial charge in [-0.1, -0.05) is 39.7 Å². The molecule has 5 rings (SSSR count). The largest absolute Gasteiger partial charge is 0.504 e. The van der Waals surface area contributed by atoms with Crippen LogP contribution in [0.25, 0.3) is 11.0 Å². The van der Waals surface area contributed by atoms with E-state index in [0.717, 1.165) is 4.47 Å². The lowest BCUT2D eigenvalue weighted by Crippen LogP contribution is -2.29. The van der Waals surface area contributed by atoms with Crippen LogP contribution in [0.4, 0.5) is 5.69 Å². The number of carbonyl (C=O) groups is 1. The van der Waals surface area contributed by atoms with Crippen molar-refractivity contribution in [1.82, 2.24) is 0 Å². The number of nitrogens with zero attached hydrogens (tertiary/aromatic N) is 1. The van der Waals surface area contributed by atoms with Gasteiger partial charge < -0.3 is 14.3 Å². The molecule has 1 aromatic heterocycles. The van der Waals surface area contributed by atoms with E-state index in [2.05, 4.69) is 15.9 Å². The summed E-state index contributed by atoms with van der Waals surface area (Å²) in [5.41, 5.74) is 1.31. The summed E-state index contributed by atoms with van der Waals surface area (Å²) in [7, 11) is 1.43. The van der Waals surface area contributed by atoms with Gasteiger partial charge in [-0.25, -0.2) is 0 Å². The van der Waals surface area contributed by atoms with Crippen LogP contribution in [0.5, 0.6) is 11.5 Å². The van der Waals surface area contributed by atoms with E-state index in [4.69, 9.17) is 20.8 Å². The standard InChI is InChI=1S/C24H15BrClNO5/c1-31-19-9-12(5-7-17(19)28)21-20-22(29)16-10-13(25)6-8-18(16)32-23(20)24(30)27(21)15-4-2-3-14(26)11-15/h2-11,21,28H,1H3. The van der Waals surface area contributed by atoms with Crippen molar-refractivity contribution in [3.63, 3.8) is 0 Å². The molecule has 1 aliphatic rings. The Morgan fingerprint density at radius 1 is 1.09 bits per heavy atom. The molecule has 1 atom stereocenters. The number of hydrogen-bond acceptors (Lipinski definition) is 5. The highest BCUT2D eigenvalue weighted by Crippen LogP contribution is 2.43. The fourth-order valence-corrected chi connectivity index (χ4v) is 4.56. The van der Waals surface area contributed by atoms with E-state index in [-0.39, 0.29) is 28.3 Å². The molecule has 1 aliphatic heterocycles. The average Bonchev–Trinajstić information content (AvgIpc) is 3.07. The highest BCUT2D eigenvalue weighted by atomic mass is 79.9. The van der Waals surface area contributed by atoms with Crippen LogP contribution in [0.3, 0.4) is 0 Å². The maximum atomic E-state index is 13.6. The summed E-state index contributed by atoms with van der Waals surface area (Å²) in [5, 5.41) is 10.9. The number of fused-ring (bicyclic) bond motifs is 2. The molecule has 0 fully saturated rings. The number of carbonyl (C=O) groups excluding carboxylic acids is 1. The molecule has 6 nitrogen and oxygen atoms in total. The maximum Gasteiger partial charge on any atom is 0.295 e. The third-order valence-electron chi connectivity index (χ3n) is 5.44. The van der Waals surface area contributed by atoms with Gasteiger partial charge in [0.25, 0.3) is 5.91 Å². The molecule has 4 aromatic rings. The number of methoxy groups -OCH3 is 1. The van der Waals surface area contributed by atoms with Gasteiger partial charge in [0.2, 0.25) is 5.76 Å². The normalized spacial score (nSPS) is 15.3. The zero-order chi connectivity index (χ0) is 22.6. The van der Waals surface area contributed by atoms with Crippen molar-refractivity contribution < 1.29 is 19.1 Å². The predicted molar refractivity (Wildman–Crippen MR) is 125 cm³/mol. The van der Waals surface area contributed by atoms with Crippen molar-refractivity contribution in [2.75, 3.05) is 12.0 Å². The first-order valence-corrected chi connectivity index (χ1v) is 10.8. The van der Waals surface area contributed by atoms with Gasteiger partial charge in [0.1, 0.15) is 5.58 Å². The quantitative estimate of drug-likeness (QED) is 0.382. The smallest absolute Gasteiger partial charge is 0.295 e. The second kappa shape index (κ2) is 7.69. The first kappa shape index (κ1) is 20.6.